The molecule has 1 rings (SSSR count). The van der Waals surface area contributed by atoms with E-state index in [4.69, 9.17) is 0 Å². The summed E-state index contributed by atoms with van der Waals surface area (Å²) in [6, 6.07) is 0.250. The van der Waals surface area contributed by atoms with Crippen molar-refractivity contribution in [3.63, 3.8) is 0 Å². The summed E-state index contributed by atoms with van der Waals surface area (Å²) < 4.78 is 3.54. The van der Waals surface area contributed by atoms with Crippen molar-refractivity contribution in [2.24, 2.45) is 0 Å². The van der Waals surface area contributed by atoms with Crippen molar-refractivity contribution in [3.8, 4) is 0 Å². The Morgan fingerprint density at radius 3 is 2.57 bits per heavy atom. The van der Waals surface area contributed by atoms with Crippen LogP contribution in [0.3, 0.4) is 0 Å². The van der Waals surface area contributed by atoms with E-state index in [1.165, 1.54) is 0 Å². The van der Waals surface area contributed by atoms with Gasteiger partial charge in [0, 0.05) is 30.3 Å². The van der Waals surface area contributed by atoms with Crippen molar-refractivity contribution in [2.45, 2.75) is 39.3 Å². The lowest BCUT2D eigenvalue weighted by molar-refractivity contribution is 0.541. The Morgan fingerprint density at radius 2 is 2.07 bits per heavy atom. The summed E-state index contributed by atoms with van der Waals surface area (Å²) in [5.74, 6) is 0. The molecule has 80 valence electrons. The van der Waals surface area contributed by atoms with E-state index in [1.54, 1.807) is 9.13 Å². The summed E-state index contributed by atoms with van der Waals surface area (Å²) in [5, 5.41) is 1.01. The van der Waals surface area contributed by atoms with Gasteiger partial charge in [-0.3, -0.25) is 9.13 Å². The molecule has 0 bridgehead atoms. The zero-order valence-corrected chi connectivity index (χ0v) is 10.3. The van der Waals surface area contributed by atoms with Crippen LogP contribution in [-0.2, 0) is 6.54 Å². The number of nitrogens with zero attached hydrogens (tertiary/aromatic N) is 2. The summed E-state index contributed by atoms with van der Waals surface area (Å²) in [6.45, 7) is 4.86. The molecule has 0 saturated heterocycles. The lowest BCUT2D eigenvalue weighted by Crippen LogP contribution is -2.25. The first kappa shape index (κ1) is 11.6. The van der Waals surface area contributed by atoms with Crippen molar-refractivity contribution >= 4 is 15.9 Å². The summed E-state index contributed by atoms with van der Waals surface area (Å²) >= 11 is 3.38. The van der Waals surface area contributed by atoms with Crippen LogP contribution in [0.2, 0.25) is 0 Å². The minimum Gasteiger partial charge on any atom is -0.299 e. The number of halogens is 1. The number of imidazole rings is 1. The van der Waals surface area contributed by atoms with Crippen LogP contribution in [0.25, 0.3) is 0 Å². The Morgan fingerprint density at radius 1 is 1.36 bits per heavy atom. The van der Waals surface area contributed by atoms with Gasteiger partial charge < -0.3 is 0 Å². The molecule has 0 aliphatic carbocycles. The second-order valence-electron chi connectivity index (χ2n) is 3.67. The molecule has 0 aliphatic heterocycles. The highest BCUT2D eigenvalue weighted by Gasteiger charge is 2.04. The van der Waals surface area contributed by atoms with Gasteiger partial charge in [-0.1, -0.05) is 15.9 Å². The van der Waals surface area contributed by atoms with Gasteiger partial charge in [0.05, 0.1) is 0 Å². The van der Waals surface area contributed by atoms with Crippen LogP contribution < -0.4 is 5.69 Å². The molecule has 0 atom stereocenters. The van der Waals surface area contributed by atoms with E-state index in [9.17, 15) is 4.79 Å². The van der Waals surface area contributed by atoms with Crippen molar-refractivity contribution in [1.82, 2.24) is 9.13 Å². The quantitative estimate of drug-likeness (QED) is 0.590. The summed E-state index contributed by atoms with van der Waals surface area (Å²) in [5.41, 5.74) is 0.106. The average Bonchev–Trinajstić information content (AvgIpc) is 2.48. The fourth-order valence-electron chi connectivity index (χ4n) is 1.37. The minimum absolute atomic E-state index is 0.106. The van der Waals surface area contributed by atoms with E-state index in [2.05, 4.69) is 15.9 Å². The van der Waals surface area contributed by atoms with E-state index in [0.717, 1.165) is 24.7 Å². The van der Waals surface area contributed by atoms with Crippen LogP contribution in [0.5, 0.6) is 0 Å². The molecule has 1 aromatic heterocycles. The van der Waals surface area contributed by atoms with Crippen molar-refractivity contribution in [2.75, 3.05) is 5.33 Å². The molecular formula is C10H17BrN2O. The van der Waals surface area contributed by atoms with Gasteiger partial charge in [0.25, 0.3) is 0 Å². The molecule has 0 unspecified atom stereocenters. The highest BCUT2D eigenvalue weighted by molar-refractivity contribution is 9.09. The van der Waals surface area contributed by atoms with Crippen molar-refractivity contribution in [3.05, 3.63) is 22.9 Å². The van der Waals surface area contributed by atoms with Gasteiger partial charge in [-0.2, -0.15) is 0 Å². The van der Waals surface area contributed by atoms with Crippen LogP contribution in [0.15, 0.2) is 17.2 Å². The fourth-order valence-corrected chi connectivity index (χ4v) is 1.76. The van der Waals surface area contributed by atoms with Crippen LogP contribution >= 0.6 is 15.9 Å². The first-order valence-corrected chi connectivity index (χ1v) is 6.12. The van der Waals surface area contributed by atoms with Crippen LogP contribution in [0.1, 0.15) is 32.7 Å². The van der Waals surface area contributed by atoms with Crippen LogP contribution in [0.4, 0.5) is 0 Å². The maximum Gasteiger partial charge on any atom is 0.328 e. The first-order valence-electron chi connectivity index (χ1n) is 5.00. The largest absolute Gasteiger partial charge is 0.328 e. The molecule has 14 heavy (non-hydrogen) atoms. The second kappa shape index (κ2) is 5.39. The summed E-state index contributed by atoms with van der Waals surface area (Å²) in [6.07, 6.45) is 5.89. The highest BCUT2D eigenvalue weighted by Crippen LogP contribution is 2.01. The van der Waals surface area contributed by atoms with Gasteiger partial charge in [0.15, 0.2) is 0 Å². The maximum absolute atomic E-state index is 11.7. The lowest BCUT2D eigenvalue weighted by atomic mass is 10.3. The number of aryl methyl sites for hydroxylation is 1. The van der Waals surface area contributed by atoms with Gasteiger partial charge >= 0.3 is 5.69 Å². The maximum atomic E-state index is 11.7. The Balaban J connectivity index is 2.65. The second-order valence-corrected chi connectivity index (χ2v) is 4.46. The zero-order valence-electron chi connectivity index (χ0n) is 8.74. The number of hydrogen-bond acceptors (Lipinski definition) is 1. The van der Waals surface area contributed by atoms with E-state index < -0.39 is 0 Å². The average molecular weight is 261 g/mol. The Hall–Kier alpha value is -0.510. The highest BCUT2D eigenvalue weighted by atomic mass is 79.9. The standard InChI is InChI=1S/C10H17BrN2O/c1-9(2)13-8-7-12(10(13)14)6-4-3-5-11/h7-9H,3-6H2,1-2H3. The molecule has 3 nitrogen and oxygen atoms in total. The van der Waals surface area contributed by atoms with E-state index in [0.29, 0.717) is 0 Å². The Labute approximate surface area is 92.9 Å². The predicted molar refractivity (Wildman–Crippen MR) is 62.1 cm³/mol. The third-order valence-corrected chi connectivity index (χ3v) is 2.77. The van der Waals surface area contributed by atoms with E-state index in [1.807, 2.05) is 26.2 Å². The number of aromatic nitrogens is 2. The molecule has 0 saturated carbocycles. The number of alkyl halides is 1. The SMILES string of the molecule is CC(C)n1ccn(CCCCBr)c1=O. The third-order valence-electron chi connectivity index (χ3n) is 2.21. The fraction of sp³-hybridized carbons (Fsp3) is 0.700. The molecule has 0 spiro atoms. The molecular weight excluding hydrogens is 244 g/mol. The normalized spacial score (nSPS) is 11.1. The van der Waals surface area contributed by atoms with Gasteiger partial charge in [0.2, 0.25) is 0 Å². The molecule has 0 radical (unpaired) electrons. The lowest BCUT2D eigenvalue weighted by Gasteiger charge is -2.04. The minimum atomic E-state index is 0.106. The van der Waals surface area contributed by atoms with E-state index in [-0.39, 0.29) is 11.7 Å². The van der Waals surface area contributed by atoms with Crippen molar-refractivity contribution < 1.29 is 0 Å². The molecule has 0 aromatic carbocycles. The van der Waals surface area contributed by atoms with E-state index >= 15 is 0 Å². The molecule has 0 N–H and O–H groups in total. The molecule has 1 heterocycles. The van der Waals surface area contributed by atoms with Crippen molar-refractivity contribution in [1.29, 1.82) is 0 Å². The third kappa shape index (κ3) is 2.74. The van der Waals surface area contributed by atoms with Gasteiger partial charge in [-0.15, -0.1) is 0 Å². The zero-order chi connectivity index (χ0) is 10.6. The smallest absolute Gasteiger partial charge is 0.299 e. The summed E-state index contributed by atoms with van der Waals surface area (Å²) in [4.78, 5) is 11.7. The number of unbranched alkanes of at least 4 members (excludes halogenated alkanes) is 1. The predicted octanol–water partition coefficient (Wildman–Crippen LogP) is 2.41. The topological polar surface area (TPSA) is 26.9 Å². The number of rotatable bonds is 5. The summed E-state index contributed by atoms with van der Waals surface area (Å²) in [7, 11) is 0. The molecule has 0 aliphatic rings. The molecule has 0 fully saturated rings. The Kier molecular flexibility index (Phi) is 4.45. The monoisotopic (exact) mass is 260 g/mol. The molecule has 4 heteroatoms. The van der Waals surface area contributed by atoms with Gasteiger partial charge in [-0.25, -0.2) is 4.79 Å². The number of hydrogen-bond donors (Lipinski definition) is 0. The van der Waals surface area contributed by atoms with Gasteiger partial charge in [0.1, 0.15) is 0 Å². The van der Waals surface area contributed by atoms with Gasteiger partial charge in [-0.05, 0) is 26.7 Å². The molecule has 1 aromatic rings. The molecule has 0 amide bonds. The first-order chi connectivity index (χ1) is 6.66. The van der Waals surface area contributed by atoms with Crippen LogP contribution in [-0.4, -0.2) is 14.5 Å². The Bertz CT molecular complexity index is 327. The van der Waals surface area contributed by atoms with Crippen LogP contribution in [0, 0.1) is 0 Å².